The molecule has 0 radical (unpaired) electrons. The Morgan fingerprint density at radius 1 is 1.25 bits per heavy atom. The second-order valence-electron chi connectivity index (χ2n) is 3.28. The minimum Gasteiger partial charge on any atom is -0.319 e. The average Bonchev–Trinajstić information content (AvgIpc) is 2.63. The van der Waals surface area contributed by atoms with E-state index >= 15 is 0 Å². The summed E-state index contributed by atoms with van der Waals surface area (Å²) in [7, 11) is 0. The number of thiophene rings is 1. The number of hydrogen-bond acceptors (Lipinski definition) is 2. The maximum Gasteiger partial charge on any atom is 0.131 e. The van der Waals surface area contributed by atoms with Crippen molar-refractivity contribution in [2.24, 2.45) is 5.73 Å². The Balaban J connectivity index is 2.41. The van der Waals surface area contributed by atoms with E-state index in [1.807, 2.05) is 0 Å². The molecule has 1 aromatic carbocycles. The van der Waals surface area contributed by atoms with Crippen molar-refractivity contribution < 1.29 is 8.78 Å². The van der Waals surface area contributed by atoms with Crippen LogP contribution in [-0.2, 0) is 0 Å². The first-order valence-electron chi connectivity index (χ1n) is 4.53. The maximum atomic E-state index is 13.5. The van der Waals surface area contributed by atoms with Crippen molar-refractivity contribution in [1.29, 1.82) is 0 Å². The molecule has 0 bridgehead atoms. The summed E-state index contributed by atoms with van der Waals surface area (Å²) in [5, 5.41) is 2.28. The van der Waals surface area contributed by atoms with Crippen LogP contribution in [0.4, 0.5) is 8.78 Å². The molecule has 0 saturated carbocycles. The Hall–Kier alpha value is -0.970. The molecule has 0 aliphatic rings. The quantitative estimate of drug-likeness (QED) is 0.874. The fraction of sp³-hybridized carbons (Fsp3) is 0.0909. The van der Waals surface area contributed by atoms with Crippen molar-refractivity contribution in [3.05, 3.63) is 56.7 Å². The topological polar surface area (TPSA) is 26.0 Å². The maximum absolute atomic E-state index is 13.5. The second kappa shape index (κ2) is 4.49. The number of nitrogens with two attached hydrogens (primary N) is 1. The lowest BCUT2D eigenvalue weighted by Gasteiger charge is -2.11. The zero-order chi connectivity index (χ0) is 11.7. The monoisotopic (exact) mass is 259 g/mol. The minimum atomic E-state index is -0.659. The van der Waals surface area contributed by atoms with Gasteiger partial charge >= 0.3 is 0 Å². The van der Waals surface area contributed by atoms with Crippen LogP contribution in [0.1, 0.15) is 16.5 Å². The summed E-state index contributed by atoms with van der Waals surface area (Å²) < 4.78 is 26.2. The van der Waals surface area contributed by atoms with Gasteiger partial charge in [0.2, 0.25) is 0 Å². The van der Waals surface area contributed by atoms with Gasteiger partial charge in [-0.3, -0.25) is 0 Å². The molecule has 0 amide bonds. The van der Waals surface area contributed by atoms with Crippen molar-refractivity contribution in [1.82, 2.24) is 0 Å². The highest BCUT2D eigenvalue weighted by atomic mass is 35.5. The van der Waals surface area contributed by atoms with Crippen LogP contribution in [-0.4, -0.2) is 0 Å². The van der Waals surface area contributed by atoms with Gasteiger partial charge in [0.25, 0.3) is 0 Å². The molecule has 0 aliphatic heterocycles. The van der Waals surface area contributed by atoms with Gasteiger partial charge in [0, 0.05) is 16.5 Å². The van der Waals surface area contributed by atoms with Gasteiger partial charge in [-0.15, -0.1) is 11.3 Å². The Bertz CT molecular complexity index is 512. The van der Waals surface area contributed by atoms with Gasteiger partial charge in [0.1, 0.15) is 11.6 Å². The van der Waals surface area contributed by atoms with Gasteiger partial charge < -0.3 is 5.73 Å². The van der Waals surface area contributed by atoms with Crippen LogP contribution < -0.4 is 5.73 Å². The van der Waals surface area contributed by atoms with Crippen molar-refractivity contribution in [3.8, 4) is 0 Å². The normalized spacial score (nSPS) is 12.8. The first kappa shape index (κ1) is 11.5. The van der Waals surface area contributed by atoms with Crippen LogP contribution in [0.5, 0.6) is 0 Å². The molecule has 0 spiro atoms. The highest BCUT2D eigenvalue weighted by Gasteiger charge is 2.17. The summed E-state index contributed by atoms with van der Waals surface area (Å²) in [6.07, 6.45) is 0. The molecule has 0 fully saturated rings. The third-order valence-electron chi connectivity index (χ3n) is 2.22. The lowest BCUT2D eigenvalue weighted by molar-refractivity contribution is 0.567. The van der Waals surface area contributed by atoms with E-state index in [1.54, 1.807) is 11.4 Å². The SMILES string of the molecule is NC(c1ccc(F)cc1F)c1sccc1Cl. The average molecular weight is 260 g/mol. The van der Waals surface area contributed by atoms with E-state index < -0.39 is 17.7 Å². The van der Waals surface area contributed by atoms with Crippen LogP contribution in [0, 0.1) is 11.6 Å². The first-order chi connectivity index (χ1) is 7.59. The molecule has 5 heteroatoms. The zero-order valence-corrected chi connectivity index (χ0v) is 9.66. The van der Waals surface area contributed by atoms with Gasteiger partial charge in [-0.1, -0.05) is 17.7 Å². The van der Waals surface area contributed by atoms with E-state index in [0.29, 0.717) is 9.90 Å². The van der Waals surface area contributed by atoms with Crippen LogP contribution in [0.3, 0.4) is 0 Å². The van der Waals surface area contributed by atoms with E-state index in [9.17, 15) is 8.78 Å². The Labute approximate surface area is 100 Å². The number of rotatable bonds is 2. The minimum absolute atomic E-state index is 0.241. The van der Waals surface area contributed by atoms with E-state index in [2.05, 4.69) is 0 Å². The molecule has 1 aromatic heterocycles. The summed E-state index contributed by atoms with van der Waals surface area (Å²) in [5.41, 5.74) is 6.12. The number of halogens is 3. The Kier molecular flexibility index (Phi) is 3.23. The van der Waals surface area contributed by atoms with Crippen molar-refractivity contribution in [2.45, 2.75) is 6.04 Å². The molecule has 2 rings (SSSR count). The molecular weight excluding hydrogens is 252 g/mol. The van der Waals surface area contributed by atoms with E-state index in [0.717, 1.165) is 6.07 Å². The van der Waals surface area contributed by atoms with Gasteiger partial charge in [0.15, 0.2) is 0 Å². The molecule has 1 atom stereocenters. The van der Waals surface area contributed by atoms with Crippen LogP contribution in [0.25, 0.3) is 0 Å². The summed E-state index contributed by atoms with van der Waals surface area (Å²) in [6.45, 7) is 0. The van der Waals surface area contributed by atoms with Crippen molar-refractivity contribution in [3.63, 3.8) is 0 Å². The molecule has 16 heavy (non-hydrogen) atoms. The van der Waals surface area contributed by atoms with Crippen LogP contribution >= 0.6 is 22.9 Å². The van der Waals surface area contributed by atoms with Gasteiger partial charge in [0.05, 0.1) is 11.1 Å². The first-order valence-corrected chi connectivity index (χ1v) is 5.79. The highest BCUT2D eigenvalue weighted by molar-refractivity contribution is 7.10. The fourth-order valence-electron chi connectivity index (χ4n) is 1.42. The molecule has 1 nitrogen and oxygen atoms in total. The Morgan fingerprint density at radius 2 is 2.00 bits per heavy atom. The summed E-state index contributed by atoms with van der Waals surface area (Å²) in [6, 6.07) is 4.37. The van der Waals surface area contributed by atoms with Gasteiger partial charge in [-0.2, -0.15) is 0 Å². The summed E-state index contributed by atoms with van der Waals surface area (Å²) in [4.78, 5) is 0.673. The molecule has 84 valence electrons. The fourth-order valence-corrected chi connectivity index (χ4v) is 2.62. The second-order valence-corrected chi connectivity index (χ2v) is 4.63. The van der Waals surface area contributed by atoms with Gasteiger partial charge in [-0.05, 0) is 17.5 Å². The molecular formula is C11H8ClF2NS. The molecule has 2 N–H and O–H groups in total. The van der Waals surface area contributed by atoms with Crippen LogP contribution in [0.15, 0.2) is 29.6 Å². The predicted molar refractivity (Wildman–Crippen MR) is 61.7 cm³/mol. The lowest BCUT2D eigenvalue weighted by atomic mass is 10.1. The summed E-state index contributed by atoms with van der Waals surface area (Å²) in [5.74, 6) is -1.28. The third kappa shape index (κ3) is 2.09. The van der Waals surface area contributed by atoms with Gasteiger partial charge in [-0.25, -0.2) is 8.78 Å². The number of benzene rings is 1. The molecule has 0 aliphatic carbocycles. The van der Waals surface area contributed by atoms with E-state index in [-0.39, 0.29) is 5.56 Å². The van der Waals surface area contributed by atoms with E-state index in [1.165, 1.54) is 23.5 Å². The zero-order valence-electron chi connectivity index (χ0n) is 8.08. The van der Waals surface area contributed by atoms with Crippen molar-refractivity contribution in [2.75, 3.05) is 0 Å². The largest absolute Gasteiger partial charge is 0.319 e. The highest BCUT2D eigenvalue weighted by Crippen LogP contribution is 2.32. The molecule has 2 aromatic rings. The van der Waals surface area contributed by atoms with Crippen molar-refractivity contribution >= 4 is 22.9 Å². The third-order valence-corrected chi connectivity index (χ3v) is 3.67. The predicted octanol–water partition coefficient (Wildman–Crippen LogP) is 3.73. The standard InChI is InChI=1S/C11H8ClF2NS/c12-8-3-4-16-11(8)10(15)7-2-1-6(13)5-9(7)14/h1-5,10H,15H2. The molecule has 1 heterocycles. The van der Waals surface area contributed by atoms with Crippen LogP contribution in [0.2, 0.25) is 5.02 Å². The summed E-state index contributed by atoms with van der Waals surface area (Å²) >= 11 is 7.25. The number of hydrogen-bond donors (Lipinski definition) is 1. The smallest absolute Gasteiger partial charge is 0.131 e. The molecule has 1 unspecified atom stereocenters. The molecule has 0 saturated heterocycles. The lowest BCUT2D eigenvalue weighted by Crippen LogP contribution is -2.12. The Morgan fingerprint density at radius 3 is 2.56 bits per heavy atom. The van der Waals surface area contributed by atoms with E-state index in [4.69, 9.17) is 17.3 Å².